The maximum atomic E-state index is 13.4. The van der Waals surface area contributed by atoms with Crippen molar-refractivity contribution in [3.63, 3.8) is 0 Å². The topological polar surface area (TPSA) is 40.5 Å². The number of carbonyl (C=O) groups is 1. The predicted molar refractivity (Wildman–Crippen MR) is 66.5 cm³/mol. The van der Waals surface area contributed by atoms with Crippen molar-refractivity contribution in [3.05, 3.63) is 35.4 Å². The summed E-state index contributed by atoms with van der Waals surface area (Å²) in [7, 11) is 0. The van der Waals surface area contributed by atoms with Crippen molar-refractivity contribution in [2.75, 3.05) is 19.7 Å². The number of aliphatic hydroxyl groups is 1. The van der Waals surface area contributed by atoms with Crippen LogP contribution >= 0.6 is 0 Å². The highest BCUT2D eigenvalue weighted by Gasteiger charge is 2.25. The fourth-order valence-corrected chi connectivity index (χ4v) is 2.33. The molecule has 1 unspecified atom stereocenters. The molecule has 1 atom stereocenters. The van der Waals surface area contributed by atoms with E-state index in [0.29, 0.717) is 18.7 Å². The van der Waals surface area contributed by atoms with Crippen molar-refractivity contribution in [3.8, 4) is 0 Å². The maximum absolute atomic E-state index is 13.4. The molecule has 1 aromatic carbocycles. The minimum absolute atomic E-state index is 0.0420. The molecular weight excluding hydrogens is 252 g/mol. The van der Waals surface area contributed by atoms with Gasteiger partial charge in [-0.2, -0.15) is 0 Å². The standard InChI is InChI=1S/C14H17F2NO2/c15-12-3-1-11(13(16)7-12)2-4-14(19)17-6-5-10(8-17)9-18/h1,3,7,10,18H,2,4-6,8-9H2. The number of aliphatic hydroxyl groups excluding tert-OH is 1. The van der Waals surface area contributed by atoms with Gasteiger partial charge < -0.3 is 10.0 Å². The van der Waals surface area contributed by atoms with E-state index in [-0.39, 0.29) is 31.3 Å². The first-order chi connectivity index (χ1) is 9.10. The second kappa shape index (κ2) is 6.10. The van der Waals surface area contributed by atoms with Gasteiger partial charge in [0.05, 0.1) is 0 Å². The van der Waals surface area contributed by atoms with Crippen molar-refractivity contribution in [1.82, 2.24) is 4.90 Å². The van der Waals surface area contributed by atoms with Crippen LogP contribution in [-0.4, -0.2) is 35.6 Å². The van der Waals surface area contributed by atoms with Crippen LogP contribution < -0.4 is 0 Å². The summed E-state index contributed by atoms with van der Waals surface area (Å²) in [5.74, 6) is -1.11. The lowest BCUT2D eigenvalue weighted by Gasteiger charge is -2.16. The number of rotatable bonds is 4. The summed E-state index contributed by atoms with van der Waals surface area (Å²) in [6, 6.07) is 3.40. The molecule has 1 heterocycles. The van der Waals surface area contributed by atoms with Gasteiger partial charge in [-0.3, -0.25) is 4.79 Å². The molecular formula is C14H17F2NO2. The van der Waals surface area contributed by atoms with E-state index in [2.05, 4.69) is 0 Å². The number of hydrogen-bond acceptors (Lipinski definition) is 2. The Bertz CT molecular complexity index is 465. The van der Waals surface area contributed by atoms with E-state index in [9.17, 15) is 13.6 Å². The lowest BCUT2D eigenvalue weighted by Crippen LogP contribution is -2.29. The summed E-state index contributed by atoms with van der Waals surface area (Å²) in [6.07, 6.45) is 1.29. The molecule has 0 aromatic heterocycles. The SMILES string of the molecule is O=C(CCc1ccc(F)cc1F)N1CCC(CO)C1. The van der Waals surface area contributed by atoms with Gasteiger partial charge in [-0.05, 0) is 24.5 Å². The summed E-state index contributed by atoms with van der Waals surface area (Å²) < 4.78 is 26.1. The van der Waals surface area contributed by atoms with Gasteiger partial charge in [0.1, 0.15) is 11.6 Å². The molecule has 2 rings (SSSR count). The Balaban J connectivity index is 1.87. The Morgan fingerprint density at radius 3 is 2.84 bits per heavy atom. The number of carbonyl (C=O) groups excluding carboxylic acids is 1. The van der Waals surface area contributed by atoms with Crippen LogP contribution in [0.2, 0.25) is 0 Å². The third-order valence-corrected chi connectivity index (χ3v) is 3.52. The highest BCUT2D eigenvalue weighted by Crippen LogP contribution is 2.18. The second-order valence-electron chi connectivity index (χ2n) is 4.91. The lowest BCUT2D eigenvalue weighted by molar-refractivity contribution is -0.130. The highest BCUT2D eigenvalue weighted by atomic mass is 19.1. The van der Waals surface area contributed by atoms with Crippen LogP contribution in [0.15, 0.2) is 18.2 Å². The van der Waals surface area contributed by atoms with Crippen LogP contribution in [0.25, 0.3) is 0 Å². The van der Waals surface area contributed by atoms with Gasteiger partial charge in [-0.1, -0.05) is 6.07 Å². The lowest BCUT2D eigenvalue weighted by atomic mass is 10.1. The molecule has 0 aliphatic carbocycles. The molecule has 3 nitrogen and oxygen atoms in total. The van der Waals surface area contributed by atoms with E-state index >= 15 is 0 Å². The Labute approximate surface area is 110 Å². The predicted octanol–water partition coefficient (Wildman–Crippen LogP) is 1.74. The molecule has 1 aliphatic rings. The Morgan fingerprint density at radius 1 is 1.42 bits per heavy atom. The van der Waals surface area contributed by atoms with Crippen molar-refractivity contribution in [1.29, 1.82) is 0 Å². The van der Waals surface area contributed by atoms with Gasteiger partial charge in [0.25, 0.3) is 0 Å². The van der Waals surface area contributed by atoms with Gasteiger partial charge >= 0.3 is 0 Å². The van der Waals surface area contributed by atoms with Crippen LogP contribution in [0.1, 0.15) is 18.4 Å². The zero-order valence-electron chi connectivity index (χ0n) is 10.6. The normalized spacial score (nSPS) is 18.9. The van der Waals surface area contributed by atoms with Gasteiger partial charge in [-0.25, -0.2) is 8.78 Å². The summed E-state index contributed by atoms with van der Waals surface area (Å²) in [6.45, 7) is 1.31. The largest absolute Gasteiger partial charge is 0.396 e. The number of hydrogen-bond donors (Lipinski definition) is 1. The number of halogens is 2. The third-order valence-electron chi connectivity index (χ3n) is 3.52. The summed E-state index contributed by atoms with van der Waals surface area (Å²) in [4.78, 5) is 13.6. The summed E-state index contributed by atoms with van der Waals surface area (Å²) in [5.41, 5.74) is 0.354. The van der Waals surface area contributed by atoms with Crippen LogP contribution in [0.3, 0.4) is 0 Å². The Hall–Kier alpha value is -1.49. The zero-order chi connectivity index (χ0) is 13.8. The fourth-order valence-electron chi connectivity index (χ4n) is 2.33. The Kier molecular flexibility index (Phi) is 4.47. The van der Waals surface area contributed by atoms with E-state index in [1.807, 2.05) is 0 Å². The molecule has 1 fully saturated rings. The monoisotopic (exact) mass is 269 g/mol. The molecule has 0 spiro atoms. The van der Waals surface area contributed by atoms with E-state index in [1.165, 1.54) is 12.1 Å². The average Bonchev–Trinajstić information content (AvgIpc) is 2.86. The third kappa shape index (κ3) is 3.50. The van der Waals surface area contributed by atoms with Crippen molar-refractivity contribution < 1.29 is 18.7 Å². The molecule has 1 aromatic rings. The van der Waals surface area contributed by atoms with Crippen molar-refractivity contribution in [2.24, 2.45) is 5.92 Å². The first-order valence-corrected chi connectivity index (χ1v) is 6.42. The highest BCUT2D eigenvalue weighted by molar-refractivity contribution is 5.76. The molecule has 0 bridgehead atoms. The van der Waals surface area contributed by atoms with E-state index in [4.69, 9.17) is 5.11 Å². The minimum atomic E-state index is -0.613. The number of aryl methyl sites for hydroxylation is 1. The first-order valence-electron chi connectivity index (χ1n) is 6.42. The van der Waals surface area contributed by atoms with E-state index in [0.717, 1.165) is 12.5 Å². The van der Waals surface area contributed by atoms with Gasteiger partial charge in [0.15, 0.2) is 0 Å². The molecule has 1 amide bonds. The molecule has 1 N–H and O–H groups in total. The van der Waals surface area contributed by atoms with E-state index < -0.39 is 11.6 Å². The average molecular weight is 269 g/mol. The number of nitrogens with zero attached hydrogens (tertiary/aromatic N) is 1. The summed E-state index contributed by atoms with van der Waals surface area (Å²) >= 11 is 0. The Morgan fingerprint density at radius 2 is 2.21 bits per heavy atom. The van der Waals surface area contributed by atoms with Crippen molar-refractivity contribution in [2.45, 2.75) is 19.3 Å². The van der Waals surface area contributed by atoms with Gasteiger partial charge in [0.2, 0.25) is 5.91 Å². The first kappa shape index (κ1) is 13.9. The maximum Gasteiger partial charge on any atom is 0.222 e. The molecule has 0 saturated carbocycles. The smallest absolute Gasteiger partial charge is 0.222 e. The van der Waals surface area contributed by atoms with Crippen LogP contribution in [0, 0.1) is 17.6 Å². The number of benzene rings is 1. The second-order valence-corrected chi connectivity index (χ2v) is 4.91. The van der Waals surface area contributed by atoms with Gasteiger partial charge in [0, 0.05) is 38.1 Å². The number of amides is 1. The van der Waals surface area contributed by atoms with E-state index in [1.54, 1.807) is 4.90 Å². The van der Waals surface area contributed by atoms with Gasteiger partial charge in [-0.15, -0.1) is 0 Å². The summed E-state index contributed by atoms with van der Waals surface area (Å²) in [5, 5.41) is 9.01. The minimum Gasteiger partial charge on any atom is -0.396 e. The molecule has 5 heteroatoms. The molecule has 1 saturated heterocycles. The van der Waals surface area contributed by atoms with Crippen LogP contribution in [0.5, 0.6) is 0 Å². The quantitative estimate of drug-likeness (QED) is 0.904. The molecule has 1 aliphatic heterocycles. The molecule has 104 valence electrons. The molecule has 19 heavy (non-hydrogen) atoms. The van der Waals surface area contributed by atoms with Crippen molar-refractivity contribution >= 4 is 5.91 Å². The zero-order valence-corrected chi connectivity index (χ0v) is 10.6. The molecule has 0 radical (unpaired) electrons. The number of likely N-dealkylation sites (tertiary alicyclic amines) is 1. The fraction of sp³-hybridized carbons (Fsp3) is 0.500. The van der Waals surface area contributed by atoms with Crippen LogP contribution in [-0.2, 0) is 11.2 Å². The van der Waals surface area contributed by atoms with Crippen LogP contribution in [0.4, 0.5) is 8.78 Å².